The molecule has 24 heavy (non-hydrogen) atoms. The summed E-state index contributed by atoms with van der Waals surface area (Å²) in [5.74, 6) is 0. The molecule has 0 spiro atoms. The molecular weight excluding hydrogens is 304 g/mol. The normalized spacial score (nSPS) is 14.8. The van der Waals surface area contributed by atoms with E-state index in [0.29, 0.717) is 12.1 Å². The number of hydrogen-bond acceptors (Lipinski definition) is 4. The molecule has 134 valence electrons. The van der Waals surface area contributed by atoms with E-state index in [0.717, 1.165) is 11.1 Å². The van der Waals surface area contributed by atoms with Crippen molar-refractivity contribution >= 4 is 6.09 Å². The van der Waals surface area contributed by atoms with Crippen LogP contribution in [-0.4, -0.2) is 29.4 Å². The molecule has 1 atom stereocenters. The van der Waals surface area contributed by atoms with Crippen LogP contribution in [0, 0.1) is 0 Å². The van der Waals surface area contributed by atoms with E-state index in [-0.39, 0.29) is 6.61 Å². The first kappa shape index (κ1) is 21.7. The van der Waals surface area contributed by atoms with Gasteiger partial charge in [0.2, 0.25) is 0 Å². The summed E-state index contributed by atoms with van der Waals surface area (Å²) in [7, 11) is 0. The van der Waals surface area contributed by atoms with E-state index >= 15 is 0 Å². The van der Waals surface area contributed by atoms with Gasteiger partial charge in [-0.2, -0.15) is 0 Å². The maximum absolute atomic E-state index is 11.8. The van der Waals surface area contributed by atoms with Crippen molar-refractivity contribution in [1.29, 1.82) is 0 Å². The predicted molar refractivity (Wildman–Crippen MR) is 99.4 cm³/mol. The number of nitrogens with one attached hydrogen (secondary N) is 1. The van der Waals surface area contributed by atoms with Gasteiger partial charge in [-0.05, 0) is 45.8 Å². The molecule has 0 aliphatic rings. The Bertz CT molecular complexity index is 537. The minimum absolute atomic E-state index is 0.183. The number of hydrogen-bond donors (Lipinski definition) is 3. The fraction of sp³-hybridized carbons (Fsp3) is 0.421. The van der Waals surface area contributed by atoms with E-state index in [1.54, 1.807) is 45.1 Å². The van der Waals surface area contributed by atoms with Crippen LogP contribution < -0.4 is 11.1 Å². The summed E-state index contributed by atoms with van der Waals surface area (Å²) in [5.41, 5.74) is 7.68. The highest BCUT2D eigenvalue weighted by Crippen LogP contribution is 2.11. The Morgan fingerprint density at radius 3 is 2.38 bits per heavy atom. The number of aliphatic hydroxyl groups excluding tert-OH is 1. The van der Waals surface area contributed by atoms with E-state index in [1.165, 1.54) is 0 Å². The molecule has 0 aliphatic carbocycles. The minimum Gasteiger partial charge on any atom is -0.444 e. The molecule has 5 nitrogen and oxygen atoms in total. The zero-order valence-corrected chi connectivity index (χ0v) is 15.1. The molecule has 0 radical (unpaired) electrons. The molecule has 4 N–H and O–H groups in total. The highest BCUT2D eigenvalue weighted by molar-refractivity contribution is 5.68. The molecule has 0 rings (SSSR count). The highest BCUT2D eigenvalue weighted by atomic mass is 16.6. The summed E-state index contributed by atoms with van der Waals surface area (Å²) < 4.78 is 5.18. The second-order valence-corrected chi connectivity index (χ2v) is 6.43. The molecule has 0 heterocycles. The number of carbonyl (C=O) groups excluding carboxylic acids is 1. The Morgan fingerprint density at radius 1 is 1.29 bits per heavy atom. The van der Waals surface area contributed by atoms with Crippen molar-refractivity contribution in [2.75, 3.05) is 6.61 Å². The summed E-state index contributed by atoms with van der Waals surface area (Å²) >= 11 is 0. The van der Waals surface area contributed by atoms with Gasteiger partial charge < -0.3 is 20.9 Å². The Labute approximate surface area is 145 Å². The van der Waals surface area contributed by atoms with E-state index in [2.05, 4.69) is 18.5 Å². The van der Waals surface area contributed by atoms with Crippen molar-refractivity contribution < 1.29 is 14.6 Å². The van der Waals surface area contributed by atoms with Gasteiger partial charge in [0.15, 0.2) is 0 Å². The molecule has 0 fully saturated rings. The summed E-state index contributed by atoms with van der Waals surface area (Å²) in [5, 5.41) is 12.1. The van der Waals surface area contributed by atoms with Crippen molar-refractivity contribution in [3.05, 3.63) is 60.4 Å². The monoisotopic (exact) mass is 334 g/mol. The Hall–Kier alpha value is -2.27. The largest absolute Gasteiger partial charge is 0.444 e. The number of alkyl carbamates (subject to hydrolysis) is 1. The first-order valence-corrected chi connectivity index (χ1v) is 7.81. The summed E-state index contributed by atoms with van der Waals surface area (Å²) in [6.45, 7) is 14.4. The lowest BCUT2D eigenvalue weighted by Crippen LogP contribution is -2.41. The van der Waals surface area contributed by atoms with Crippen molar-refractivity contribution in [2.24, 2.45) is 5.73 Å². The van der Waals surface area contributed by atoms with Crippen LogP contribution in [0.15, 0.2) is 60.4 Å². The van der Waals surface area contributed by atoms with E-state index < -0.39 is 17.7 Å². The predicted octanol–water partition coefficient (Wildman–Crippen LogP) is 3.35. The quantitative estimate of drug-likeness (QED) is 0.594. The van der Waals surface area contributed by atoms with Gasteiger partial charge in [0, 0.05) is 5.70 Å². The molecule has 0 aromatic rings. The Balaban J connectivity index is 4.83. The van der Waals surface area contributed by atoms with Crippen LogP contribution in [0.3, 0.4) is 0 Å². The summed E-state index contributed by atoms with van der Waals surface area (Å²) in [6, 6.07) is -0.423. The summed E-state index contributed by atoms with van der Waals surface area (Å²) in [4.78, 5) is 11.8. The molecule has 1 unspecified atom stereocenters. The van der Waals surface area contributed by atoms with Crippen molar-refractivity contribution in [2.45, 2.75) is 45.8 Å². The molecule has 0 aromatic heterocycles. The van der Waals surface area contributed by atoms with Crippen LogP contribution in [0.4, 0.5) is 4.79 Å². The molecule has 0 aliphatic heterocycles. The molecule has 0 bridgehead atoms. The number of ether oxygens (including phenoxy) is 1. The standard InChI is InChI=1S/C19H30N2O3/c1-7-9-15(8-2)17(20)11-10-14(3)12-16(13-22)21-18(23)24-19(4,5)6/h7-11,16,22H,1-2,12-13,20H2,3-6H3,(H,21,23)/b14-10+,15-9+,17-11-. The van der Waals surface area contributed by atoms with Crippen LogP contribution >= 0.6 is 0 Å². The maximum Gasteiger partial charge on any atom is 0.407 e. The number of carbonyl (C=O) groups is 1. The SMILES string of the molecule is C=C/C=C(C=C)/C(N)=C/C=C(\C)CC(CO)NC(=O)OC(C)(C)C. The highest BCUT2D eigenvalue weighted by Gasteiger charge is 2.19. The van der Waals surface area contributed by atoms with Gasteiger partial charge in [-0.25, -0.2) is 4.79 Å². The second kappa shape index (κ2) is 10.5. The van der Waals surface area contributed by atoms with Crippen LogP contribution in [-0.2, 0) is 4.74 Å². The fourth-order valence-corrected chi connectivity index (χ4v) is 1.83. The van der Waals surface area contributed by atoms with Gasteiger partial charge in [0.05, 0.1) is 12.6 Å². The van der Waals surface area contributed by atoms with Crippen LogP contribution in [0.1, 0.15) is 34.1 Å². The number of amides is 1. The zero-order chi connectivity index (χ0) is 18.8. The number of allylic oxidation sites excluding steroid dienone is 5. The van der Waals surface area contributed by atoms with E-state index in [1.807, 2.05) is 13.0 Å². The van der Waals surface area contributed by atoms with Gasteiger partial charge in [0.1, 0.15) is 5.60 Å². The first-order chi connectivity index (χ1) is 11.1. The molecule has 0 saturated carbocycles. The van der Waals surface area contributed by atoms with Gasteiger partial charge in [-0.3, -0.25) is 0 Å². The molecule has 1 amide bonds. The lowest BCUT2D eigenvalue weighted by molar-refractivity contribution is 0.0483. The average Bonchev–Trinajstić information content (AvgIpc) is 2.47. The van der Waals surface area contributed by atoms with Gasteiger partial charge in [-0.15, -0.1) is 0 Å². The molecule has 5 heteroatoms. The van der Waals surface area contributed by atoms with Gasteiger partial charge >= 0.3 is 6.09 Å². The topological polar surface area (TPSA) is 84.6 Å². The average molecular weight is 334 g/mol. The minimum atomic E-state index is -0.579. The second-order valence-electron chi connectivity index (χ2n) is 6.43. The third kappa shape index (κ3) is 9.69. The first-order valence-electron chi connectivity index (χ1n) is 7.81. The van der Waals surface area contributed by atoms with Crippen LogP contribution in [0.25, 0.3) is 0 Å². The number of aliphatic hydroxyl groups is 1. The van der Waals surface area contributed by atoms with Crippen LogP contribution in [0.2, 0.25) is 0 Å². The third-order valence-corrected chi connectivity index (χ3v) is 2.91. The van der Waals surface area contributed by atoms with Crippen molar-refractivity contribution in [3.63, 3.8) is 0 Å². The number of rotatable bonds is 8. The Morgan fingerprint density at radius 2 is 1.92 bits per heavy atom. The molecule has 0 aromatic carbocycles. The molecule has 0 saturated heterocycles. The van der Waals surface area contributed by atoms with Gasteiger partial charge in [-0.1, -0.05) is 43.0 Å². The van der Waals surface area contributed by atoms with Crippen LogP contribution in [0.5, 0.6) is 0 Å². The Kier molecular flexibility index (Phi) is 9.50. The lowest BCUT2D eigenvalue weighted by atomic mass is 10.1. The lowest BCUT2D eigenvalue weighted by Gasteiger charge is -2.22. The van der Waals surface area contributed by atoms with Gasteiger partial charge in [0.25, 0.3) is 0 Å². The van der Waals surface area contributed by atoms with Crippen molar-refractivity contribution in [3.8, 4) is 0 Å². The number of nitrogens with two attached hydrogens (primary N) is 1. The van der Waals surface area contributed by atoms with E-state index in [9.17, 15) is 9.90 Å². The third-order valence-electron chi connectivity index (χ3n) is 2.91. The maximum atomic E-state index is 11.8. The van der Waals surface area contributed by atoms with E-state index in [4.69, 9.17) is 10.5 Å². The fourth-order valence-electron chi connectivity index (χ4n) is 1.83. The summed E-state index contributed by atoms with van der Waals surface area (Å²) in [6.07, 6.45) is 8.59. The van der Waals surface area contributed by atoms with Crippen molar-refractivity contribution in [1.82, 2.24) is 5.32 Å². The molecular formula is C19H30N2O3. The smallest absolute Gasteiger partial charge is 0.407 e. The zero-order valence-electron chi connectivity index (χ0n) is 15.1.